The Morgan fingerprint density at radius 3 is 2.63 bits per heavy atom. The van der Waals surface area contributed by atoms with Gasteiger partial charge in [0.1, 0.15) is 10.7 Å². The number of halogens is 2. The third kappa shape index (κ3) is 3.35. The van der Waals surface area contributed by atoms with Gasteiger partial charge in [-0.15, -0.1) is 0 Å². The van der Waals surface area contributed by atoms with Crippen molar-refractivity contribution in [2.75, 3.05) is 6.54 Å². The van der Waals surface area contributed by atoms with Gasteiger partial charge in [-0.05, 0) is 37.5 Å². The van der Waals surface area contributed by atoms with E-state index in [4.69, 9.17) is 0 Å². The third-order valence-electron chi connectivity index (χ3n) is 3.17. The summed E-state index contributed by atoms with van der Waals surface area (Å²) in [5.41, 5.74) is 0. The Balaban J connectivity index is 2.33. The van der Waals surface area contributed by atoms with E-state index < -0.39 is 15.8 Å². The topological polar surface area (TPSA) is 37.4 Å². The van der Waals surface area contributed by atoms with Crippen molar-refractivity contribution in [1.82, 2.24) is 4.31 Å². The van der Waals surface area contributed by atoms with E-state index in [1.165, 1.54) is 16.4 Å². The minimum Gasteiger partial charge on any atom is -0.207 e. The Kier molecular flexibility index (Phi) is 4.63. The largest absolute Gasteiger partial charge is 0.246 e. The van der Waals surface area contributed by atoms with Crippen LogP contribution in [0.25, 0.3) is 0 Å². The molecule has 0 unspecified atom stereocenters. The van der Waals surface area contributed by atoms with Gasteiger partial charge in [-0.25, -0.2) is 12.8 Å². The molecule has 1 aliphatic rings. The van der Waals surface area contributed by atoms with Crippen LogP contribution in [0.4, 0.5) is 4.39 Å². The van der Waals surface area contributed by atoms with E-state index in [1.54, 1.807) is 6.07 Å². The Morgan fingerprint density at radius 2 is 2.11 bits per heavy atom. The van der Waals surface area contributed by atoms with E-state index in [9.17, 15) is 12.8 Å². The Morgan fingerprint density at radius 1 is 1.42 bits per heavy atom. The quantitative estimate of drug-likeness (QED) is 0.787. The summed E-state index contributed by atoms with van der Waals surface area (Å²) < 4.78 is 40.9. The highest BCUT2D eigenvalue weighted by Gasteiger charge is 2.38. The molecule has 106 valence electrons. The molecule has 0 aromatic heterocycles. The Labute approximate surface area is 122 Å². The monoisotopic (exact) mass is 349 g/mol. The predicted molar refractivity (Wildman–Crippen MR) is 75.9 cm³/mol. The lowest BCUT2D eigenvalue weighted by molar-refractivity contribution is 0.392. The maximum absolute atomic E-state index is 13.9. The number of sulfonamides is 1. The molecule has 0 N–H and O–H groups in total. The van der Waals surface area contributed by atoms with Crippen LogP contribution in [0, 0.1) is 5.82 Å². The smallest absolute Gasteiger partial charge is 0.207 e. The summed E-state index contributed by atoms with van der Waals surface area (Å²) in [6.07, 6.45) is 3.47. The van der Waals surface area contributed by atoms with Crippen LogP contribution >= 0.6 is 15.9 Å². The molecule has 0 heterocycles. The average Bonchev–Trinajstić information content (AvgIpc) is 3.13. The van der Waals surface area contributed by atoms with E-state index in [1.807, 2.05) is 6.92 Å². The van der Waals surface area contributed by atoms with Crippen LogP contribution in [0.2, 0.25) is 0 Å². The molecule has 1 aromatic carbocycles. The van der Waals surface area contributed by atoms with Gasteiger partial charge in [0.05, 0.1) is 0 Å². The van der Waals surface area contributed by atoms with Crippen molar-refractivity contribution in [3.63, 3.8) is 0 Å². The maximum atomic E-state index is 13.9. The van der Waals surface area contributed by atoms with E-state index in [0.717, 1.165) is 25.7 Å². The fraction of sp³-hybridized carbons (Fsp3) is 0.538. The third-order valence-corrected chi connectivity index (χ3v) is 5.65. The molecular weight excluding hydrogens is 333 g/mol. The zero-order valence-corrected chi connectivity index (χ0v) is 13.2. The zero-order valence-electron chi connectivity index (χ0n) is 10.8. The van der Waals surface area contributed by atoms with Gasteiger partial charge >= 0.3 is 0 Å². The van der Waals surface area contributed by atoms with Crippen LogP contribution in [0.15, 0.2) is 27.6 Å². The molecule has 1 aromatic rings. The lowest BCUT2D eigenvalue weighted by Crippen LogP contribution is -2.34. The van der Waals surface area contributed by atoms with Crippen molar-refractivity contribution >= 4 is 26.0 Å². The zero-order chi connectivity index (χ0) is 14.0. The molecular formula is C13H17BrFNO2S. The number of hydrogen-bond acceptors (Lipinski definition) is 2. The molecule has 0 atom stereocenters. The van der Waals surface area contributed by atoms with Crippen molar-refractivity contribution in [3.05, 3.63) is 28.5 Å². The first-order valence-electron chi connectivity index (χ1n) is 6.43. The first-order valence-corrected chi connectivity index (χ1v) is 8.67. The van der Waals surface area contributed by atoms with Crippen molar-refractivity contribution < 1.29 is 12.8 Å². The molecule has 0 radical (unpaired) electrons. The molecule has 1 saturated carbocycles. The SMILES string of the molecule is CCCCN(C1CC1)S(=O)(=O)c1ccc(Br)cc1F. The minimum absolute atomic E-state index is 0.0552. The molecule has 0 aliphatic heterocycles. The van der Waals surface area contributed by atoms with Gasteiger partial charge in [-0.1, -0.05) is 29.3 Å². The van der Waals surface area contributed by atoms with Gasteiger partial charge in [0.2, 0.25) is 10.0 Å². The normalized spacial score (nSPS) is 16.0. The second-order valence-electron chi connectivity index (χ2n) is 4.78. The van der Waals surface area contributed by atoms with Gasteiger partial charge in [0.15, 0.2) is 0 Å². The second kappa shape index (κ2) is 5.89. The predicted octanol–water partition coefficient (Wildman–Crippen LogP) is 3.54. The summed E-state index contributed by atoms with van der Waals surface area (Å²) in [7, 11) is -3.72. The molecule has 2 rings (SSSR count). The molecule has 3 nitrogen and oxygen atoms in total. The highest BCUT2D eigenvalue weighted by Crippen LogP contribution is 2.33. The fourth-order valence-electron chi connectivity index (χ4n) is 1.99. The van der Waals surface area contributed by atoms with E-state index >= 15 is 0 Å². The minimum atomic E-state index is -3.72. The van der Waals surface area contributed by atoms with Gasteiger partial charge in [0.25, 0.3) is 0 Å². The number of hydrogen-bond donors (Lipinski definition) is 0. The molecule has 0 saturated heterocycles. The lowest BCUT2D eigenvalue weighted by atomic mass is 10.3. The summed E-state index contributed by atoms with van der Waals surface area (Å²) in [4.78, 5) is -0.223. The fourth-order valence-corrected chi connectivity index (χ4v) is 4.09. The summed E-state index contributed by atoms with van der Waals surface area (Å²) in [6.45, 7) is 2.48. The number of unbranched alkanes of at least 4 members (excludes halogenated alkanes) is 1. The van der Waals surface area contributed by atoms with Crippen molar-refractivity contribution in [3.8, 4) is 0 Å². The first kappa shape index (κ1) is 14.9. The summed E-state index contributed by atoms with van der Waals surface area (Å²) in [5.74, 6) is -0.698. The van der Waals surface area contributed by atoms with Crippen molar-refractivity contribution in [2.45, 2.75) is 43.5 Å². The van der Waals surface area contributed by atoms with Gasteiger partial charge < -0.3 is 0 Å². The van der Waals surface area contributed by atoms with Crippen LogP contribution in [0.3, 0.4) is 0 Å². The molecule has 6 heteroatoms. The highest BCUT2D eigenvalue weighted by atomic mass is 79.9. The highest BCUT2D eigenvalue weighted by molar-refractivity contribution is 9.10. The maximum Gasteiger partial charge on any atom is 0.246 e. The van der Waals surface area contributed by atoms with E-state index in [2.05, 4.69) is 15.9 Å². The van der Waals surface area contributed by atoms with E-state index in [-0.39, 0.29) is 10.9 Å². The number of rotatable bonds is 6. The van der Waals surface area contributed by atoms with Gasteiger partial charge in [0, 0.05) is 17.1 Å². The molecule has 1 aliphatic carbocycles. The average molecular weight is 350 g/mol. The molecule has 1 fully saturated rings. The van der Waals surface area contributed by atoms with E-state index in [0.29, 0.717) is 11.0 Å². The molecule has 0 amide bonds. The lowest BCUT2D eigenvalue weighted by Gasteiger charge is -2.22. The Bertz CT molecular complexity index is 558. The van der Waals surface area contributed by atoms with Crippen LogP contribution in [0.1, 0.15) is 32.6 Å². The number of nitrogens with zero attached hydrogens (tertiary/aromatic N) is 1. The standard InChI is InChI=1S/C13H17BrFNO2S/c1-2-3-8-16(11-5-6-11)19(17,18)13-7-4-10(14)9-12(13)15/h4,7,9,11H,2-3,5-6,8H2,1H3. The van der Waals surface area contributed by atoms with Crippen molar-refractivity contribution in [1.29, 1.82) is 0 Å². The van der Waals surface area contributed by atoms with Crippen molar-refractivity contribution in [2.24, 2.45) is 0 Å². The summed E-state index contributed by atoms with van der Waals surface area (Å²) in [5, 5.41) is 0. The van der Waals surface area contributed by atoms with Gasteiger partial charge in [-0.3, -0.25) is 0 Å². The molecule has 19 heavy (non-hydrogen) atoms. The first-order chi connectivity index (χ1) is 8.96. The van der Waals surface area contributed by atoms with Crippen LogP contribution in [-0.4, -0.2) is 25.3 Å². The molecule has 0 spiro atoms. The molecule has 0 bridgehead atoms. The van der Waals surface area contributed by atoms with Crippen LogP contribution in [0.5, 0.6) is 0 Å². The summed E-state index contributed by atoms with van der Waals surface area (Å²) >= 11 is 3.13. The van der Waals surface area contributed by atoms with Gasteiger partial charge in [-0.2, -0.15) is 4.31 Å². The summed E-state index contributed by atoms with van der Waals surface area (Å²) in [6, 6.07) is 4.13. The Hall–Kier alpha value is -0.460. The second-order valence-corrected chi connectivity index (χ2v) is 7.55. The van der Waals surface area contributed by atoms with Crippen LogP contribution < -0.4 is 0 Å². The van der Waals surface area contributed by atoms with Crippen LogP contribution in [-0.2, 0) is 10.0 Å². The number of benzene rings is 1.